The Hall–Kier alpha value is -1.02. The molecule has 0 saturated carbocycles. The van der Waals surface area contributed by atoms with Gasteiger partial charge in [-0.2, -0.15) is 0 Å². The van der Waals surface area contributed by atoms with Gasteiger partial charge in [0.25, 0.3) is 0 Å². The van der Waals surface area contributed by atoms with Crippen LogP contribution >= 0.6 is 0 Å². The lowest BCUT2D eigenvalue weighted by Gasteiger charge is -2.15. The molecule has 0 aliphatic carbocycles. The number of sulfonamides is 1. The Morgan fingerprint density at radius 2 is 2.24 bits per heavy atom. The molecular formula is C14H22FN3O2S. The molecule has 1 aliphatic heterocycles. The van der Waals surface area contributed by atoms with Gasteiger partial charge in [0.15, 0.2) is 0 Å². The van der Waals surface area contributed by atoms with Crippen molar-refractivity contribution in [1.29, 1.82) is 0 Å². The maximum Gasteiger partial charge on any atom is 0.241 e. The van der Waals surface area contributed by atoms with Crippen LogP contribution in [0, 0.1) is 11.7 Å². The zero-order chi connectivity index (χ0) is 15.5. The molecule has 5 nitrogen and oxygen atoms in total. The highest BCUT2D eigenvalue weighted by molar-refractivity contribution is 7.89. The van der Waals surface area contributed by atoms with Crippen LogP contribution < -0.4 is 10.5 Å². The van der Waals surface area contributed by atoms with Crippen molar-refractivity contribution >= 4 is 10.0 Å². The molecule has 7 heteroatoms. The van der Waals surface area contributed by atoms with E-state index in [1.165, 1.54) is 12.1 Å². The number of benzene rings is 1. The largest absolute Gasteiger partial charge is 0.326 e. The summed E-state index contributed by atoms with van der Waals surface area (Å²) >= 11 is 0. The van der Waals surface area contributed by atoms with Gasteiger partial charge in [0.05, 0.1) is 4.90 Å². The summed E-state index contributed by atoms with van der Waals surface area (Å²) in [6.45, 7) is 5.39. The molecule has 1 saturated heterocycles. The van der Waals surface area contributed by atoms with Gasteiger partial charge in [0, 0.05) is 19.6 Å². The molecule has 1 atom stereocenters. The molecule has 0 radical (unpaired) electrons. The lowest BCUT2D eigenvalue weighted by Crippen LogP contribution is -2.31. The molecule has 1 aromatic rings. The minimum absolute atomic E-state index is 0.0591. The third kappa shape index (κ3) is 4.00. The number of nitrogens with two attached hydrogens (primary N) is 1. The summed E-state index contributed by atoms with van der Waals surface area (Å²) in [6, 6.07) is 3.66. The second kappa shape index (κ2) is 6.83. The van der Waals surface area contributed by atoms with E-state index in [9.17, 15) is 12.8 Å². The van der Waals surface area contributed by atoms with E-state index < -0.39 is 15.8 Å². The second-order valence-electron chi connectivity index (χ2n) is 5.36. The summed E-state index contributed by atoms with van der Waals surface area (Å²) in [4.78, 5) is 2.22. The normalized spacial score (nSPS) is 20.0. The van der Waals surface area contributed by atoms with Crippen molar-refractivity contribution in [2.45, 2.75) is 24.8 Å². The predicted octanol–water partition coefficient (Wildman–Crippen LogP) is 0.905. The molecule has 0 bridgehead atoms. The number of likely N-dealkylation sites (tertiary alicyclic amines) is 1. The van der Waals surface area contributed by atoms with E-state index in [1.807, 2.05) is 0 Å². The van der Waals surface area contributed by atoms with Crippen LogP contribution in [0.25, 0.3) is 0 Å². The van der Waals surface area contributed by atoms with E-state index in [2.05, 4.69) is 16.5 Å². The highest BCUT2D eigenvalue weighted by Gasteiger charge is 2.24. The first-order chi connectivity index (χ1) is 9.96. The predicted molar refractivity (Wildman–Crippen MR) is 79.7 cm³/mol. The molecular weight excluding hydrogens is 293 g/mol. The molecule has 1 unspecified atom stereocenters. The standard InChI is InChI=1S/C14H22FN3O2S/c1-2-18-6-5-11(10-18)9-17-21(19,20)14-7-13(15)4-3-12(14)8-16/h3-4,7,11,17H,2,5-6,8-10,16H2,1H3. The Kier molecular flexibility index (Phi) is 5.32. The van der Waals surface area contributed by atoms with Gasteiger partial charge in [0.2, 0.25) is 10.0 Å². The van der Waals surface area contributed by atoms with E-state index in [-0.39, 0.29) is 11.4 Å². The first-order valence-corrected chi connectivity index (χ1v) is 8.65. The van der Waals surface area contributed by atoms with Crippen LogP contribution in [0.1, 0.15) is 18.9 Å². The zero-order valence-electron chi connectivity index (χ0n) is 12.2. The van der Waals surface area contributed by atoms with Gasteiger partial charge >= 0.3 is 0 Å². The third-order valence-corrected chi connectivity index (χ3v) is 5.42. The number of nitrogens with one attached hydrogen (secondary N) is 1. The molecule has 0 spiro atoms. The highest BCUT2D eigenvalue weighted by atomic mass is 32.2. The smallest absolute Gasteiger partial charge is 0.241 e. The van der Waals surface area contributed by atoms with Gasteiger partial charge < -0.3 is 10.6 Å². The van der Waals surface area contributed by atoms with E-state index in [4.69, 9.17) is 5.73 Å². The first kappa shape index (κ1) is 16.4. The van der Waals surface area contributed by atoms with Crippen molar-refractivity contribution in [3.63, 3.8) is 0 Å². The minimum atomic E-state index is -3.73. The number of hydrogen-bond acceptors (Lipinski definition) is 4. The van der Waals surface area contributed by atoms with Gasteiger partial charge in [-0.25, -0.2) is 17.5 Å². The SMILES string of the molecule is CCN1CCC(CNS(=O)(=O)c2cc(F)ccc2CN)C1. The fourth-order valence-corrected chi connectivity index (χ4v) is 3.99. The Morgan fingerprint density at radius 1 is 1.48 bits per heavy atom. The van der Waals surface area contributed by atoms with Crippen LogP contribution in [0.5, 0.6) is 0 Å². The summed E-state index contributed by atoms with van der Waals surface area (Å²) in [5, 5.41) is 0. The first-order valence-electron chi connectivity index (χ1n) is 7.16. The molecule has 1 fully saturated rings. The fraction of sp³-hybridized carbons (Fsp3) is 0.571. The summed E-state index contributed by atoms with van der Waals surface area (Å²) in [5.74, 6) is -0.278. The van der Waals surface area contributed by atoms with E-state index in [1.54, 1.807) is 0 Å². The van der Waals surface area contributed by atoms with Gasteiger partial charge in [-0.3, -0.25) is 0 Å². The molecule has 1 aromatic carbocycles. The Balaban J connectivity index is 2.07. The molecule has 3 N–H and O–H groups in total. The average Bonchev–Trinajstić information content (AvgIpc) is 2.93. The zero-order valence-corrected chi connectivity index (χ0v) is 13.0. The van der Waals surface area contributed by atoms with E-state index in [0.29, 0.717) is 18.0 Å². The molecule has 1 heterocycles. The Morgan fingerprint density at radius 3 is 2.86 bits per heavy atom. The van der Waals surface area contributed by atoms with Crippen molar-refractivity contribution in [2.24, 2.45) is 11.7 Å². The van der Waals surface area contributed by atoms with Crippen LogP contribution in [-0.2, 0) is 16.6 Å². The van der Waals surface area contributed by atoms with Crippen molar-refractivity contribution in [2.75, 3.05) is 26.2 Å². The van der Waals surface area contributed by atoms with Crippen LogP contribution in [0.15, 0.2) is 23.1 Å². The molecule has 0 aromatic heterocycles. The Bertz CT molecular complexity index is 592. The van der Waals surface area contributed by atoms with Crippen LogP contribution in [0.3, 0.4) is 0 Å². The van der Waals surface area contributed by atoms with Crippen molar-refractivity contribution in [3.8, 4) is 0 Å². The molecule has 118 valence electrons. The van der Waals surface area contributed by atoms with E-state index in [0.717, 1.165) is 32.1 Å². The summed E-state index contributed by atoms with van der Waals surface area (Å²) in [5.41, 5.74) is 5.95. The molecule has 0 amide bonds. The number of nitrogens with zero attached hydrogens (tertiary/aromatic N) is 1. The maximum absolute atomic E-state index is 13.3. The molecule has 1 aliphatic rings. The van der Waals surface area contributed by atoms with Gasteiger partial charge in [0.1, 0.15) is 5.82 Å². The van der Waals surface area contributed by atoms with Gasteiger partial charge in [-0.1, -0.05) is 13.0 Å². The van der Waals surface area contributed by atoms with Gasteiger partial charge in [-0.15, -0.1) is 0 Å². The summed E-state index contributed by atoms with van der Waals surface area (Å²) < 4.78 is 40.5. The minimum Gasteiger partial charge on any atom is -0.326 e. The van der Waals surface area contributed by atoms with Crippen molar-refractivity contribution in [3.05, 3.63) is 29.6 Å². The Labute approximate surface area is 125 Å². The highest BCUT2D eigenvalue weighted by Crippen LogP contribution is 2.19. The van der Waals surface area contributed by atoms with Crippen LogP contribution in [0.4, 0.5) is 4.39 Å². The van der Waals surface area contributed by atoms with Crippen LogP contribution in [0.2, 0.25) is 0 Å². The third-order valence-electron chi connectivity index (χ3n) is 3.92. The van der Waals surface area contributed by atoms with Crippen LogP contribution in [-0.4, -0.2) is 39.5 Å². The lowest BCUT2D eigenvalue weighted by molar-refractivity contribution is 0.342. The summed E-state index contributed by atoms with van der Waals surface area (Å²) in [6.07, 6.45) is 0.975. The fourth-order valence-electron chi connectivity index (χ4n) is 2.62. The number of rotatable bonds is 6. The second-order valence-corrected chi connectivity index (χ2v) is 7.09. The lowest BCUT2D eigenvalue weighted by atomic mass is 10.1. The van der Waals surface area contributed by atoms with E-state index >= 15 is 0 Å². The quantitative estimate of drug-likeness (QED) is 0.818. The maximum atomic E-state index is 13.3. The average molecular weight is 315 g/mol. The topological polar surface area (TPSA) is 75.4 Å². The number of halogens is 1. The summed E-state index contributed by atoms with van der Waals surface area (Å²) in [7, 11) is -3.73. The van der Waals surface area contributed by atoms with Gasteiger partial charge in [-0.05, 0) is 43.1 Å². The van der Waals surface area contributed by atoms with Crippen molar-refractivity contribution < 1.29 is 12.8 Å². The van der Waals surface area contributed by atoms with Crippen molar-refractivity contribution in [1.82, 2.24) is 9.62 Å². The monoisotopic (exact) mass is 315 g/mol. The number of hydrogen-bond donors (Lipinski definition) is 2. The molecule has 2 rings (SSSR count). The molecule has 21 heavy (non-hydrogen) atoms.